The van der Waals surface area contributed by atoms with Crippen LogP contribution in [-0.4, -0.2) is 62.9 Å². The van der Waals surface area contributed by atoms with Gasteiger partial charge in [0.2, 0.25) is 5.91 Å². The van der Waals surface area contributed by atoms with E-state index >= 15 is 0 Å². The third-order valence-electron chi connectivity index (χ3n) is 4.84. The molecule has 25 heavy (non-hydrogen) atoms. The summed E-state index contributed by atoms with van der Waals surface area (Å²) in [5, 5.41) is 3.01. The Morgan fingerprint density at radius 1 is 1.36 bits per heavy atom. The van der Waals surface area contributed by atoms with Gasteiger partial charge in [-0.15, -0.1) is 0 Å². The fourth-order valence-corrected chi connectivity index (χ4v) is 2.93. The number of carbonyl (C=O) groups excluding carboxylic acids is 1. The van der Waals surface area contributed by atoms with Gasteiger partial charge >= 0.3 is 0 Å². The molecule has 0 saturated carbocycles. The van der Waals surface area contributed by atoms with Gasteiger partial charge in [0.25, 0.3) is 0 Å². The van der Waals surface area contributed by atoms with Gasteiger partial charge in [0, 0.05) is 25.2 Å². The second-order valence-corrected chi connectivity index (χ2v) is 6.57. The van der Waals surface area contributed by atoms with E-state index in [9.17, 15) is 4.79 Å². The van der Waals surface area contributed by atoms with Gasteiger partial charge in [0.15, 0.2) is 0 Å². The number of rotatable bonds is 9. The Kier molecular flexibility index (Phi) is 7.68. The van der Waals surface area contributed by atoms with Crippen LogP contribution in [0.1, 0.15) is 25.8 Å². The summed E-state index contributed by atoms with van der Waals surface area (Å²) < 4.78 is 16.1. The van der Waals surface area contributed by atoms with Crippen molar-refractivity contribution in [3.8, 4) is 5.75 Å². The molecule has 6 heteroatoms. The monoisotopic (exact) mass is 350 g/mol. The highest BCUT2D eigenvalue weighted by atomic mass is 16.5. The second-order valence-electron chi connectivity index (χ2n) is 6.57. The molecule has 2 rings (SSSR count). The summed E-state index contributed by atoms with van der Waals surface area (Å²) in [6.07, 6.45) is 0.970. The molecule has 1 aromatic rings. The highest BCUT2D eigenvalue weighted by Crippen LogP contribution is 2.20. The third kappa shape index (κ3) is 5.99. The summed E-state index contributed by atoms with van der Waals surface area (Å²) in [6.45, 7) is 8.74. The molecule has 1 fully saturated rings. The van der Waals surface area contributed by atoms with Crippen LogP contribution in [0.25, 0.3) is 0 Å². The Hall–Kier alpha value is -1.63. The predicted molar refractivity (Wildman–Crippen MR) is 96.7 cm³/mol. The number of hydrogen-bond donors (Lipinski definition) is 1. The van der Waals surface area contributed by atoms with Gasteiger partial charge in [-0.1, -0.05) is 19.1 Å². The van der Waals surface area contributed by atoms with Crippen molar-refractivity contribution in [1.82, 2.24) is 10.2 Å². The van der Waals surface area contributed by atoms with Crippen molar-refractivity contribution in [2.75, 3.05) is 46.6 Å². The largest absolute Gasteiger partial charge is 0.497 e. The zero-order valence-corrected chi connectivity index (χ0v) is 15.5. The first-order chi connectivity index (χ1) is 12.1. The van der Waals surface area contributed by atoms with Crippen molar-refractivity contribution in [3.05, 3.63) is 29.8 Å². The Morgan fingerprint density at radius 2 is 2.12 bits per heavy atom. The van der Waals surface area contributed by atoms with Crippen molar-refractivity contribution in [2.45, 2.75) is 32.4 Å². The minimum atomic E-state index is -0.0872. The Morgan fingerprint density at radius 3 is 2.80 bits per heavy atom. The molecule has 1 N–H and O–H groups in total. The molecule has 1 aliphatic rings. The van der Waals surface area contributed by atoms with Crippen LogP contribution >= 0.6 is 0 Å². The molecule has 0 bridgehead atoms. The summed E-state index contributed by atoms with van der Waals surface area (Å²) >= 11 is 0. The average molecular weight is 350 g/mol. The maximum absolute atomic E-state index is 12.1. The molecule has 1 atom stereocenters. The van der Waals surface area contributed by atoms with E-state index in [1.807, 2.05) is 24.3 Å². The molecule has 0 aliphatic carbocycles. The molecular formula is C19H30N2O4. The molecular weight excluding hydrogens is 320 g/mol. The summed E-state index contributed by atoms with van der Waals surface area (Å²) in [7, 11) is 1.63. The zero-order chi connectivity index (χ0) is 18.1. The Labute approximate surface area is 150 Å². The van der Waals surface area contributed by atoms with E-state index in [1.54, 1.807) is 7.11 Å². The molecule has 1 saturated heterocycles. The Balaban J connectivity index is 1.73. The number of methoxy groups -OCH3 is 1. The predicted octanol–water partition coefficient (Wildman–Crippen LogP) is 1.83. The molecule has 1 aromatic carbocycles. The van der Waals surface area contributed by atoms with Gasteiger partial charge in [0.05, 0.1) is 26.9 Å². The van der Waals surface area contributed by atoms with Crippen LogP contribution in [0.15, 0.2) is 24.3 Å². The highest BCUT2D eigenvalue weighted by Gasteiger charge is 2.31. The summed E-state index contributed by atoms with van der Waals surface area (Å²) in [5.41, 5.74) is 0.936. The lowest BCUT2D eigenvalue weighted by molar-refractivity contribution is -0.127. The quantitative estimate of drug-likeness (QED) is 0.736. The van der Waals surface area contributed by atoms with Crippen molar-refractivity contribution in [2.24, 2.45) is 0 Å². The molecule has 0 spiro atoms. The number of amides is 1. The standard InChI is InChI=1S/C19H30N2O4/c1-4-19(2,21-8-10-24-11-9-21)15-20-18(22)14-25-13-16-6-5-7-17(12-16)23-3/h5-7,12H,4,8-11,13-15H2,1-3H3,(H,20,22). The van der Waals surface area contributed by atoms with Crippen molar-refractivity contribution < 1.29 is 19.0 Å². The highest BCUT2D eigenvalue weighted by molar-refractivity contribution is 5.77. The first kappa shape index (κ1) is 19.7. The van der Waals surface area contributed by atoms with E-state index in [2.05, 4.69) is 24.1 Å². The van der Waals surface area contributed by atoms with E-state index < -0.39 is 0 Å². The van der Waals surface area contributed by atoms with E-state index in [1.165, 1.54) is 0 Å². The van der Waals surface area contributed by atoms with Crippen LogP contribution in [0.4, 0.5) is 0 Å². The van der Waals surface area contributed by atoms with Crippen LogP contribution < -0.4 is 10.1 Å². The van der Waals surface area contributed by atoms with E-state index in [4.69, 9.17) is 14.2 Å². The normalized spacial score (nSPS) is 17.7. The second kappa shape index (κ2) is 9.75. The van der Waals surface area contributed by atoms with Crippen molar-refractivity contribution in [3.63, 3.8) is 0 Å². The van der Waals surface area contributed by atoms with Gasteiger partial charge in [0.1, 0.15) is 12.4 Å². The lowest BCUT2D eigenvalue weighted by Crippen LogP contribution is -2.57. The maximum atomic E-state index is 12.1. The molecule has 0 radical (unpaired) electrons. The smallest absolute Gasteiger partial charge is 0.246 e. The molecule has 140 valence electrons. The van der Waals surface area contributed by atoms with E-state index in [0.717, 1.165) is 44.0 Å². The number of nitrogens with one attached hydrogen (secondary N) is 1. The number of ether oxygens (including phenoxy) is 3. The molecule has 1 amide bonds. The maximum Gasteiger partial charge on any atom is 0.246 e. The summed E-state index contributed by atoms with van der Waals surface area (Å²) in [4.78, 5) is 14.5. The number of nitrogens with zero attached hydrogens (tertiary/aromatic N) is 1. The average Bonchev–Trinajstić information content (AvgIpc) is 2.67. The summed E-state index contributed by atoms with van der Waals surface area (Å²) in [5.74, 6) is 0.700. The Bertz CT molecular complexity index is 546. The van der Waals surface area contributed by atoms with Gasteiger partial charge in [-0.3, -0.25) is 9.69 Å². The molecule has 1 heterocycles. The number of benzene rings is 1. The minimum Gasteiger partial charge on any atom is -0.497 e. The molecule has 1 unspecified atom stereocenters. The van der Waals surface area contributed by atoms with Gasteiger partial charge in [-0.05, 0) is 31.0 Å². The lowest BCUT2D eigenvalue weighted by atomic mass is 9.95. The van der Waals surface area contributed by atoms with Crippen LogP contribution in [0.5, 0.6) is 5.75 Å². The molecule has 1 aliphatic heterocycles. The van der Waals surface area contributed by atoms with Gasteiger partial charge in [-0.25, -0.2) is 0 Å². The van der Waals surface area contributed by atoms with E-state index in [0.29, 0.717) is 13.2 Å². The number of carbonyl (C=O) groups is 1. The van der Waals surface area contributed by atoms with Crippen molar-refractivity contribution >= 4 is 5.91 Å². The topological polar surface area (TPSA) is 60.0 Å². The van der Waals surface area contributed by atoms with Gasteiger partial charge < -0.3 is 19.5 Å². The zero-order valence-electron chi connectivity index (χ0n) is 15.5. The van der Waals surface area contributed by atoms with Crippen LogP contribution in [0.2, 0.25) is 0 Å². The first-order valence-electron chi connectivity index (χ1n) is 8.87. The lowest BCUT2D eigenvalue weighted by Gasteiger charge is -2.43. The van der Waals surface area contributed by atoms with Gasteiger partial charge in [-0.2, -0.15) is 0 Å². The minimum absolute atomic E-state index is 0.0494. The third-order valence-corrected chi connectivity index (χ3v) is 4.84. The number of morpholine rings is 1. The van der Waals surface area contributed by atoms with Crippen molar-refractivity contribution in [1.29, 1.82) is 0 Å². The fraction of sp³-hybridized carbons (Fsp3) is 0.632. The molecule has 6 nitrogen and oxygen atoms in total. The van der Waals surface area contributed by atoms with Crippen LogP contribution in [0.3, 0.4) is 0 Å². The van der Waals surface area contributed by atoms with E-state index in [-0.39, 0.29) is 18.1 Å². The molecule has 0 aromatic heterocycles. The first-order valence-corrected chi connectivity index (χ1v) is 8.87. The summed E-state index contributed by atoms with van der Waals surface area (Å²) in [6, 6.07) is 7.65. The van der Waals surface area contributed by atoms with Crippen LogP contribution in [0, 0.1) is 0 Å². The SMILES string of the molecule is CCC(C)(CNC(=O)COCc1cccc(OC)c1)N1CCOCC1. The number of hydrogen-bond acceptors (Lipinski definition) is 5. The van der Waals surface area contributed by atoms with Crippen LogP contribution in [-0.2, 0) is 20.9 Å². The fourth-order valence-electron chi connectivity index (χ4n) is 2.93.